The van der Waals surface area contributed by atoms with E-state index in [1.165, 1.54) is 18.9 Å². The third-order valence-electron chi connectivity index (χ3n) is 5.63. The van der Waals surface area contributed by atoms with Crippen LogP contribution < -0.4 is 11.1 Å². The monoisotopic (exact) mass is 383 g/mol. The first-order valence-corrected chi connectivity index (χ1v) is 9.60. The quantitative estimate of drug-likeness (QED) is 0.674. The van der Waals surface area contributed by atoms with Crippen LogP contribution in [0.4, 0.5) is 16.0 Å². The molecule has 2 aromatic heterocycles. The SMILES string of the molecule is CN(C)C1CCC(Nc2ncc3nc(-c4ccc(F)c(N)c4)n(C)c3n2)CC1. The minimum absolute atomic E-state index is 0.103. The summed E-state index contributed by atoms with van der Waals surface area (Å²) >= 11 is 0. The zero-order valence-corrected chi connectivity index (χ0v) is 16.5. The zero-order valence-electron chi connectivity index (χ0n) is 16.5. The van der Waals surface area contributed by atoms with E-state index in [4.69, 9.17) is 5.73 Å². The number of hydrogen-bond donors (Lipinski definition) is 2. The maximum absolute atomic E-state index is 13.5. The lowest BCUT2D eigenvalue weighted by Gasteiger charge is -2.32. The zero-order chi connectivity index (χ0) is 19.8. The summed E-state index contributed by atoms with van der Waals surface area (Å²) in [5, 5.41) is 3.47. The number of fused-ring (bicyclic) bond motifs is 1. The molecule has 3 N–H and O–H groups in total. The Morgan fingerprint density at radius 2 is 1.93 bits per heavy atom. The molecule has 0 spiro atoms. The van der Waals surface area contributed by atoms with Crippen LogP contribution in [0.5, 0.6) is 0 Å². The topological polar surface area (TPSA) is 84.9 Å². The Balaban J connectivity index is 1.56. The van der Waals surface area contributed by atoms with Crippen molar-refractivity contribution in [2.24, 2.45) is 7.05 Å². The number of aryl methyl sites for hydroxylation is 1. The number of benzene rings is 1. The van der Waals surface area contributed by atoms with E-state index in [0.29, 0.717) is 29.4 Å². The van der Waals surface area contributed by atoms with Crippen LogP contribution in [0.2, 0.25) is 0 Å². The van der Waals surface area contributed by atoms with Crippen LogP contribution in [-0.4, -0.2) is 50.6 Å². The third-order valence-corrected chi connectivity index (χ3v) is 5.63. The van der Waals surface area contributed by atoms with Gasteiger partial charge in [-0.1, -0.05) is 0 Å². The predicted octanol–water partition coefficient (Wildman–Crippen LogP) is 3.04. The molecule has 0 bridgehead atoms. The highest BCUT2D eigenvalue weighted by Gasteiger charge is 2.23. The molecule has 1 aliphatic carbocycles. The Kier molecular flexibility index (Phi) is 4.89. The molecule has 0 amide bonds. The Bertz CT molecular complexity index is 990. The number of hydrogen-bond acceptors (Lipinski definition) is 6. The molecular weight excluding hydrogens is 357 g/mol. The highest BCUT2D eigenvalue weighted by Crippen LogP contribution is 2.27. The van der Waals surface area contributed by atoms with E-state index in [0.717, 1.165) is 24.1 Å². The fourth-order valence-electron chi connectivity index (χ4n) is 3.91. The predicted molar refractivity (Wildman–Crippen MR) is 109 cm³/mol. The molecule has 1 saturated carbocycles. The number of aromatic nitrogens is 4. The summed E-state index contributed by atoms with van der Waals surface area (Å²) in [6, 6.07) is 5.66. The summed E-state index contributed by atoms with van der Waals surface area (Å²) in [6.45, 7) is 0. The molecule has 0 unspecified atom stereocenters. The first-order valence-electron chi connectivity index (χ1n) is 9.60. The van der Waals surface area contributed by atoms with Gasteiger partial charge in [0.1, 0.15) is 17.2 Å². The minimum Gasteiger partial charge on any atom is -0.396 e. The van der Waals surface area contributed by atoms with Gasteiger partial charge in [0.2, 0.25) is 5.95 Å². The van der Waals surface area contributed by atoms with Crippen molar-refractivity contribution < 1.29 is 4.39 Å². The molecule has 28 heavy (non-hydrogen) atoms. The second-order valence-electron chi connectivity index (χ2n) is 7.75. The molecule has 4 rings (SSSR count). The normalized spacial score (nSPS) is 20.0. The fraction of sp³-hybridized carbons (Fsp3) is 0.450. The van der Waals surface area contributed by atoms with Gasteiger partial charge in [0.15, 0.2) is 5.65 Å². The van der Waals surface area contributed by atoms with Gasteiger partial charge in [0.25, 0.3) is 0 Å². The van der Waals surface area contributed by atoms with Gasteiger partial charge in [-0.3, -0.25) is 0 Å². The largest absolute Gasteiger partial charge is 0.396 e. The fourth-order valence-corrected chi connectivity index (χ4v) is 3.91. The average Bonchev–Trinajstić information content (AvgIpc) is 3.01. The van der Waals surface area contributed by atoms with Gasteiger partial charge < -0.3 is 20.5 Å². The van der Waals surface area contributed by atoms with E-state index in [1.54, 1.807) is 18.3 Å². The highest BCUT2D eigenvalue weighted by molar-refractivity contribution is 5.78. The van der Waals surface area contributed by atoms with Crippen LogP contribution in [0.15, 0.2) is 24.4 Å². The molecule has 3 aromatic rings. The van der Waals surface area contributed by atoms with Crippen LogP contribution in [0, 0.1) is 5.82 Å². The van der Waals surface area contributed by atoms with E-state index in [9.17, 15) is 4.39 Å². The molecule has 1 fully saturated rings. The number of imidazole rings is 1. The van der Waals surface area contributed by atoms with Crippen molar-refractivity contribution in [2.45, 2.75) is 37.8 Å². The first-order chi connectivity index (χ1) is 13.4. The van der Waals surface area contributed by atoms with E-state index >= 15 is 0 Å². The lowest BCUT2D eigenvalue weighted by molar-refractivity contribution is 0.221. The van der Waals surface area contributed by atoms with Gasteiger partial charge in [-0.15, -0.1) is 0 Å². The Morgan fingerprint density at radius 3 is 2.61 bits per heavy atom. The Hall–Kier alpha value is -2.74. The van der Waals surface area contributed by atoms with Crippen molar-refractivity contribution >= 4 is 22.8 Å². The summed E-state index contributed by atoms with van der Waals surface area (Å²) in [5.41, 5.74) is 7.99. The standard InChI is InChI=1S/C20H26FN7/c1-27(2)14-7-5-13(6-8-14)24-20-23-11-17-19(26-20)28(3)18(25-17)12-4-9-15(21)16(22)10-12/h4,9-11,13-14H,5-8,22H2,1-3H3,(H,23,24,26). The molecule has 7 nitrogen and oxygen atoms in total. The molecule has 0 radical (unpaired) electrons. The van der Waals surface area contributed by atoms with E-state index < -0.39 is 5.82 Å². The molecule has 8 heteroatoms. The van der Waals surface area contributed by atoms with Crippen molar-refractivity contribution in [2.75, 3.05) is 25.1 Å². The van der Waals surface area contributed by atoms with Crippen molar-refractivity contribution in [3.05, 3.63) is 30.2 Å². The van der Waals surface area contributed by atoms with Crippen LogP contribution >= 0.6 is 0 Å². The summed E-state index contributed by atoms with van der Waals surface area (Å²) in [4.78, 5) is 16.0. The van der Waals surface area contributed by atoms with E-state index in [1.807, 2.05) is 11.6 Å². The maximum Gasteiger partial charge on any atom is 0.224 e. The van der Waals surface area contributed by atoms with Crippen molar-refractivity contribution in [1.82, 2.24) is 24.4 Å². The molecular formula is C20H26FN7. The van der Waals surface area contributed by atoms with Gasteiger partial charge in [-0.25, -0.2) is 14.4 Å². The number of nitrogens with zero attached hydrogens (tertiary/aromatic N) is 5. The Morgan fingerprint density at radius 1 is 1.18 bits per heavy atom. The van der Waals surface area contributed by atoms with E-state index in [2.05, 4.69) is 39.3 Å². The third kappa shape index (κ3) is 3.52. The minimum atomic E-state index is -0.433. The van der Waals surface area contributed by atoms with Crippen LogP contribution in [0.1, 0.15) is 25.7 Å². The second-order valence-corrected chi connectivity index (χ2v) is 7.75. The lowest BCUT2D eigenvalue weighted by atomic mass is 9.91. The molecule has 0 atom stereocenters. The second kappa shape index (κ2) is 7.35. The maximum atomic E-state index is 13.5. The van der Waals surface area contributed by atoms with E-state index in [-0.39, 0.29) is 5.69 Å². The first kappa shape index (κ1) is 18.6. The van der Waals surface area contributed by atoms with Gasteiger partial charge >= 0.3 is 0 Å². The number of nitrogens with two attached hydrogens (primary N) is 1. The Labute approximate surface area is 163 Å². The molecule has 148 valence electrons. The highest BCUT2D eigenvalue weighted by atomic mass is 19.1. The number of anilines is 2. The van der Waals surface area contributed by atoms with Crippen LogP contribution in [0.25, 0.3) is 22.6 Å². The molecule has 0 aliphatic heterocycles. The smallest absolute Gasteiger partial charge is 0.224 e. The summed E-state index contributed by atoms with van der Waals surface area (Å²) in [5.74, 6) is 0.867. The summed E-state index contributed by atoms with van der Waals surface area (Å²) < 4.78 is 15.4. The van der Waals surface area contributed by atoms with Gasteiger partial charge in [-0.05, 0) is 58.0 Å². The van der Waals surface area contributed by atoms with Crippen molar-refractivity contribution in [3.8, 4) is 11.4 Å². The number of rotatable bonds is 4. The molecule has 1 aliphatic rings. The number of nitrogen functional groups attached to an aromatic ring is 1. The molecule has 0 saturated heterocycles. The summed E-state index contributed by atoms with van der Waals surface area (Å²) in [7, 11) is 6.18. The van der Waals surface area contributed by atoms with Crippen molar-refractivity contribution in [3.63, 3.8) is 0 Å². The molecule has 2 heterocycles. The van der Waals surface area contributed by atoms with Gasteiger partial charge in [0, 0.05) is 24.7 Å². The molecule has 1 aromatic carbocycles. The van der Waals surface area contributed by atoms with Crippen molar-refractivity contribution in [1.29, 1.82) is 0 Å². The average molecular weight is 383 g/mol. The summed E-state index contributed by atoms with van der Waals surface area (Å²) in [6.07, 6.45) is 6.29. The van der Waals surface area contributed by atoms with Gasteiger partial charge in [0.05, 0.1) is 11.9 Å². The van der Waals surface area contributed by atoms with Crippen LogP contribution in [-0.2, 0) is 7.05 Å². The number of halogens is 1. The van der Waals surface area contributed by atoms with Crippen LogP contribution in [0.3, 0.4) is 0 Å². The number of nitrogens with one attached hydrogen (secondary N) is 1. The van der Waals surface area contributed by atoms with Gasteiger partial charge in [-0.2, -0.15) is 4.98 Å². The lowest BCUT2D eigenvalue weighted by Crippen LogP contribution is -2.36.